The number of carbonyl (C=O) groups is 1. The quantitative estimate of drug-likeness (QED) is 0.849. The molecule has 0 aliphatic carbocycles. The van der Waals surface area contributed by atoms with Crippen molar-refractivity contribution in [3.63, 3.8) is 0 Å². The minimum Gasteiger partial charge on any atom is -0.341 e. The predicted molar refractivity (Wildman–Crippen MR) is 82.7 cm³/mol. The summed E-state index contributed by atoms with van der Waals surface area (Å²) in [5.74, 6) is 1.64. The molecule has 116 valence electrons. The van der Waals surface area contributed by atoms with E-state index >= 15 is 0 Å². The molecule has 0 radical (unpaired) electrons. The molecule has 0 spiro atoms. The Kier molecular flexibility index (Phi) is 5.85. The van der Waals surface area contributed by atoms with Crippen molar-refractivity contribution in [2.24, 2.45) is 11.8 Å². The fourth-order valence-electron chi connectivity index (χ4n) is 3.59. The monoisotopic (exact) mass is 281 g/mol. The second-order valence-electron chi connectivity index (χ2n) is 6.87. The molecule has 0 aromatic heterocycles. The van der Waals surface area contributed by atoms with Crippen molar-refractivity contribution in [3.05, 3.63) is 0 Å². The maximum atomic E-state index is 12.5. The molecule has 2 saturated heterocycles. The zero-order valence-electron chi connectivity index (χ0n) is 13.4. The van der Waals surface area contributed by atoms with Gasteiger partial charge in [0, 0.05) is 25.6 Å². The highest BCUT2D eigenvalue weighted by atomic mass is 16.2. The first-order valence-electron chi connectivity index (χ1n) is 8.23. The maximum absolute atomic E-state index is 12.5. The van der Waals surface area contributed by atoms with Crippen molar-refractivity contribution >= 4 is 5.91 Å². The zero-order valence-corrected chi connectivity index (χ0v) is 13.4. The average Bonchev–Trinajstić information content (AvgIpc) is 2.48. The van der Waals surface area contributed by atoms with Crippen LogP contribution in [-0.4, -0.2) is 62.0 Å². The van der Waals surface area contributed by atoms with Crippen LogP contribution in [0.4, 0.5) is 0 Å². The van der Waals surface area contributed by atoms with E-state index in [-0.39, 0.29) is 0 Å². The van der Waals surface area contributed by atoms with Gasteiger partial charge in [-0.15, -0.1) is 0 Å². The summed E-state index contributed by atoms with van der Waals surface area (Å²) in [6, 6.07) is 0.543. The smallest absolute Gasteiger partial charge is 0.222 e. The first kappa shape index (κ1) is 15.8. The molecule has 20 heavy (non-hydrogen) atoms. The second kappa shape index (κ2) is 7.41. The summed E-state index contributed by atoms with van der Waals surface area (Å²) in [7, 11) is 4.24. The van der Waals surface area contributed by atoms with E-state index in [1.54, 1.807) is 0 Å². The first-order chi connectivity index (χ1) is 9.58. The third kappa shape index (κ3) is 4.19. The van der Waals surface area contributed by atoms with Gasteiger partial charge >= 0.3 is 0 Å². The number of carbonyl (C=O) groups excluding carboxylic acids is 1. The fraction of sp³-hybridized carbons (Fsp3) is 0.938. The van der Waals surface area contributed by atoms with Crippen molar-refractivity contribution in [2.45, 2.75) is 45.1 Å². The van der Waals surface area contributed by atoms with Crippen LogP contribution in [0, 0.1) is 11.8 Å². The minimum absolute atomic E-state index is 0.377. The fourth-order valence-corrected chi connectivity index (χ4v) is 3.59. The van der Waals surface area contributed by atoms with Gasteiger partial charge in [0.1, 0.15) is 0 Å². The lowest BCUT2D eigenvalue weighted by molar-refractivity contribution is -0.134. The van der Waals surface area contributed by atoms with Gasteiger partial charge in [0.15, 0.2) is 0 Å². The number of hydrogen-bond acceptors (Lipinski definition) is 3. The Balaban J connectivity index is 1.81. The van der Waals surface area contributed by atoms with Crippen LogP contribution in [0.2, 0.25) is 0 Å². The molecule has 0 aromatic rings. The molecule has 0 saturated carbocycles. The largest absolute Gasteiger partial charge is 0.341 e. The van der Waals surface area contributed by atoms with E-state index < -0.39 is 0 Å². The molecule has 2 aliphatic rings. The van der Waals surface area contributed by atoms with Gasteiger partial charge in [-0.3, -0.25) is 4.79 Å². The Labute approximate surface area is 123 Å². The van der Waals surface area contributed by atoms with Gasteiger partial charge in [0.25, 0.3) is 0 Å². The number of amides is 1. The van der Waals surface area contributed by atoms with Crippen LogP contribution in [0.25, 0.3) is 0 Å². The van der Waals surface area contributed by atoms with Crippen LogP contribution in [0.15, 0.2) is 0 Å². The molecule has 2 unspecified atom stereocenters. The molecule has 2 heterocycles. The van der Waals surface area contributed by atoms with Crippen molar-refractivity contribution in [2.75, 3.05) is 40.3 Å². The molecule has 2 rings (SSSR count). The Morgan fingerprint density at radius 3 is 2.65 bits per heavy atom. The summed E-state index contributed by atoms with van der Waals surface area (Å²) < 4.78 is 0. The SMILES string of the molecule is CC(CC(=O)N1CCCC(N(C)C)C1)C1CCNCC1. The van der Waals surface area contributed by atoms with Crippen molar-refractivity contribution < 1.29 is 4.79 Å². The van der Waals surface area contributed by atoms with Crippen LogP contribution in [-0.2, 0) is 4.79 Å². The molecule has 4 nitrogen and oxygen atoms in total. The standard InChI is InChI=1S/C16H31N3O/c1-13(14-6-8-17-9-7-14)11-16(20)19-10-4-5-15(12-19)18(2)3/h13-15,17H,4-12H2,1-3H3. The Morgan fingerprint density at radius 1 is 1.30 bits per heavy atom. The number of rotatable bonds is 4. The Bertz CT molecular complexity index is 313. The van der Waals surface area contributed by atoms with Crippen molar-refractivity contribution in [1.82, 2.24) is 15.1 Å². The second-order valence-corrected chi connectivity index (χ2v) is 6.87. The molecular formula is C16H31N3O. The van der Waals surface area contributed by atoms with Gasteiger partial charge < -0.3 is 15.1 Å². The van der Waals surface area contributed by atoms with Crippen LogP contribution < -0.4 is 5.32 Å². The summed E-state index contributed by atoms with van der Waals surface area (Å²) in [4.78, 5) is 16.9. The average molecular weight is 281 g/mol. The van der Waals surface area contributed by atoms with Crippen molar-refractivity contribution in [3.8, 4) is 0 Å². The van der Waals surface area contributed by atoms with E-state index in [1.165, 1.54) is 19.3 Å². The normalized spacial score (nSPS) is 26.8. The zero-order chi connectivity index (χ0) is 14.5. The van der Waals surface area contributed by atoms with Crippen LogP contribution in [0.5, 0.6) is 0 Å². The highest BCUT2D eigenvalue weighted by molar-refractivity contribution is 5.76. The molecule has 1 amide bonds. The molecule has 2 fully saturated rings. The van der Waals surface area contributed by atoms with Gasteiger partial charge in [-0.05, 0) is 64.7 Å². The van der Waals surface area contributed by atoms with E-state index in [9.17, 15) is 4.79 Å². The van der Waals surface area contributed by atoms with Gasteiger partial charge in [-0.2, -0.15) is 0 Å². The highest BCUT2D eigenvalue weighted by Gasteiger charge is 2.28. The van der Waals surface area contributed by atoms with E-state index in [0.29, 0.717) is 17.9 Å². The molecular weight excluding hydrogens is 250 g/mol. The van der Waals surface area contributed by atoms with E-state index in [4.69, 9.17) is 0 Å². The summed E-state index contributed by atoms with van der Waals surface area (Å²) in [5, 5.41) is 3.40. The summed E-state index contributed by atoms with van der Waals surface area (Å²) >= 11 is 0. The summed E-state index contributed by atoms with van der Waals surface area (Å²) in [5.41, 5.74) is 0. The van der Waals surface area contributed by atoms with E-state index in [0.717, 1.165) is 44.9 Å². The third-order valence-corrected chi connectivity index (χ3v) is 5.16. The van der Waals surface area contributed by atoms with Crippen LogP contribution in [0.3, 0.4) is 0 Å². The minimum atomic E-state index is 0.377. The molecule has 2 aliphatic heterocycles. The predicted octanol–water partition coefficient (Wildman–Crippen LogP) is 1.56. The van der Waals surface area contributed by atoms with Crippen molar-refractivity contribution in [1.29, 1.82) is 0 Å². The highest BCUT2D eigenvalue weighted by Crippen LogP contribution is 2.25. The Hall–Kier alpha value is -0.610. The number of hydrogen-bond donors (Lipinski definition) is 1. The maximum Gasteiger partial charge on any atom is 0.222 e. The summed E-state index contributed by atoms with van der Waals surface area (Å²) in [6.07, 6.45) is 5.57. The van der Waals surface area contributed by atoms with Gasteiger partial charge in [-0.1, -0.05) is 6.92 Å². The van der Waals surface area contributed by atoms with Gasteiger partial charge in [0.2, 0.25) is 5.91 Å². The van der Waals surface area contributed by atoms with E-state index in [2.05, 4.69) is 36.1 Å². The number of nitrogens with one attached hydrogen (secondary N) is 1. The molecule has 0 aromatic carbocycles. The number of piperidine rings is 2. The lowest BCUT2D eigenvalue weighted by atomic mass is 9.84. The third-order valence-electron chi connectivity index (χ3n) is 5.16. The van der Waals surface area contributed by atoms with Gasteiger partial charge in [-0.25, -0.2) is 0 Å². The molecule has 1 N–H and O–H groups in total. The topological polar surface area (TPSA) is 35.6 Å². The lowest BCUT2D eigenvalue weighted by Crippen LogP contribution is -2.48. The molecule has 4 heteroatoms. The number of nitrogens with zero attached hydrogens (tertiary/aromatic N) is 2. The number of likely N-dealkylation sites (tertiary alicyclic amines) is 1. The molecule has 0 bridgehead atoms. The Morgan fingerprint density at radius 2 is 2.00 bits per heavy atom. The van der Waals surface area contributed by atoms with Crippen LogP contribution >= 0.6 is 0 Å². The van der Waals surface area contributed by atoms with Gasteiger partial charge in [0.05, 0.1) is 0 Å². The lowest BCUT2D eigenvalue weighted by Gasteiger charge is -2.37. The molecule has 2 atom stereocenters. The van der Waals surface area contributed by atoms with Crippen LogP contribution in [0.1, 0.15) is 39.0 Å². The number of likely N-dealkylation sites (N-methyl/N-ethyl adjacent to an activating group) is 1. The summed E-state index contributed by atoms with van der Waals surface area (Å²) in [6.45, 7) is 6.39. The first-order valence-corrected chi connectivity index (χ1v) is 8.23. The van der Waals surface area contributed by atoms with E-state index in [1.807, 2.05) is 0 Å².